The summed E-state index contributed by atoms with van der Waals surface area (Å²) in [7, 11) is 0. The van der Waals surface area contributed by atoms with Gasteiger partial charge in [0.2, 0.25) is 0 Å². The number of nitro groups is 1. The number of nitro benzene ring substituents is 1. The van der Waals surface area contributed by atoms with Gasteiger partial charge in [0.05, 0.1) is 11.0 Å². The van der Waals surface area contributed by atoms with Crippen molar-refractivity contribution in [2.45, 2.75) is 31.3 Å². The second kappa shape index (κ2) is 6.58. The number of carbonyl (C=O) groups excluding carboxylic acids is 1. The monoisotopic (exact) mass is 329 g/mol. The Morgan fingerprint density at radius 2 is 2.05 bits per heavy atom. The molecule has 0 aliphatic carbocycles. The normalized spacial score (nSPS) is 23.6. The fourth-order valence-electron chi connectivity index (χ4n) is 3.29. The number of nitrogens with zero attached hydrogens (tertiary/aromatic N) is 2. The summed E-state index contributed by atoms with van der Waals surface area (Å²) in [4.78, 5) is 24.8. The summed E-state index contributed by atoms with van der Waals surface area (Å²) in [6.45, 7) is 1.55. The van der Waals surface area contributed by atoms with Crippen molar-refractivity contribution in [2.75, 3.05) is 13.1 Å². The van der Waals surface area contributed by atoms with Crippen LogP contribution in [0.3, 0.4) is 0 Å². The second-order valence-electron chi connectivity index (χ2n) is 5.51. The van der Waals surface area contributed by atoms with Crippen LogP contribution in [0.25, 0.3) is 0 Å². The van der Waals surface area contributed by atoms with Gasteiger partial charge in [0.1, 0.15) is 11.4 Å². The van der Waals surface area contributed by atoms with Crippen molar-refractivity contribution in [2.24, 2.45) is 0 Å². The van der Waals surface area contributed by atoms with Gasteiger partial charge in [0, 0.05) is 18.6 Å². The number of benzene rings is 1. The molecule has 120 valence electrons. The SMILES string of the molecule is Cl.O=C(c1ccc(F)cc1[N+](=O)[O-])N1C2CCNCC1CC2. The third-order valence-electron chi connectivity index (χ3n) is 4.28. The van der Waals surface area contributed by atoms with E-state index in [-0.39, 0.29) is 36.0 Å². The molecule has 2 bridgehead atoms. The minimum absolute atomic E-state index is 0. The van der Waals surface area contributed by atoms with Crippen LogP contribution in [-0.2, 0) is 0 Å². The molecule has 2 saturated heterocycles. The molecule has 0 aromatic heterocycles. The average Bonchev–Trinajstić information content (AvgIpc) is 2.71. The van der Waals surface area contributed by atoms with Crippen molar-refractivity contribution in [1.82, 2.24) is 10.2 Å². The maximum absolute atomic E-state index is 13.2. The van der Waals surface area contributed by atoms with Gasteiger partial charge >= 0.3 is 0 Å². The van der Waals surface area contributed by atoms with Crippen molar-refractivity contribution in [1.29, 1.82) is 0 Å². The predicted molar refractivity (Wildman–Crippen MR) is 80.8 cm³/mol. The van der Waals surface area contributed by atoms with Crippen LogP contribution in [0.15, 0.2) is 18.2 Å². The zero-order valence-corrected chi connectivity index (χ0v) is 12.6. The Morgan fingerprint density at radius 3 is 2.77 bits per heavy atom. The zero-order chi connectivity index (χ0) is 15.0. The highest BCUT2D eigenvalue weighted by Crippen LogP contribution is 2.31. The number of rotatable bonds is 2. The topological polar surface area (TPSA) is 75.5 Å². The Balaban J connectivity index is 0.00000176. The molecule has 2 atom stereocenters. The van der Waals surface area contributed by atoms with Gasteiger partial charge in [0.15, 0.2) is 0 Å². The number of hydrogen-bond acceptors (Lipinski definition) is 4. The molecule has 1 aromatic carbocycles. The van der Waals surface area contributed by atoms with Gasteiger partial charge in [0.25, 0.3) is 11.6 Å². The Bertz CT molecular complexity index is 585. The number of nitrogens with one attached hydrogen (secondary N) is 1. The van der Waals surface area contributed by atoms with Gasteiger partial charge in [-0.3, -0.25) is 14.9 Å². The van der Waals surface area contributed by atoms with Crippen LogP contribution < -0.4 is 5.32 Å². The fourth-order valence-corrected chi connectivity index (χ4v) is 3.29. The summed E-state index contributed by atoms with van der Waals surface area (Å²) in [5, 5.41) is 14.3. The van der Waals surface area contributed by atoms with Gasteiger partial charge in [-0.25, -0.2) is 4.39 Å². The Kier molecular flexibility index (Phi) is 4.97. The van der Waals surface area contributed by atoms with E-state index >= 15 is 0 Å². The van der Waals surface area contributed by atoms with Crippen LogP contribution in [-0.4, -0.2) is 40.9 Å². The van der Waals surface area contributed by atoms with Crippen LogP contribution in [0.5, 0.6) is 0 Å². The first-order valence-corrected chi connectivity index (χ1v) is 7.05. The molecule has 0 spiro atoms. The highest BCUT2D eigenvalue weighted by molar-refractivity contribution is 5.98. The molecular weight excluding hydrogens is 313 g/mol. The molecule has 22 heavy (non-hydrogen) atoms. The summed E-state index contributed by atoms with van der Waals surface area (Å²) >= 11 is 0. The minimum Gasteiger partial charge on any atom is -0.331 e. The maximum atomic E-state index is 13.2. The van der Waals surface area contributed by atoms with E-state index in [4.69, 9.17) is 0 Å². The number of amides is 1. The number of hydrogen-bond donors (Lipinski definition) is 1. The lowest BCUT2D eigenvalue weighted by atomic mass is 10.1. The lowest BCUT2D eigenvalue weighted by molar-refractivity contribution is -0.385. The van der Waals surface area contributed by atoms with Crippen LogP contribution in [0.2, 0.25) is 0 Å². The molecule has 1 N–H and O–H groups in total. The van der Waals surface area contributed by atoms with Crippen molar-refractivity contribution in [3.8, 4) is 0 Å². The van der Waals surface area contributed by atoms with E-state index in [1.165, 1.54) is 6.07 Å². The third-order valence-corrected chi connectivity index (χ3v) is 4.28. The number of fused-ring (bicyclic) bond motifs is 2. The summed E-state index contributed by atoms with van der Waals surface area (Å²) in [6.07, 6.45) is 2.67. The first-order chi connectivity index (χ1) is 10.1. The molecular formula is C14H17ClFN3O3. The van der Waals surface area contributed by atoms with Crippen molar-refractivity contribution in [3.63, 3.8) is 0 Å². The molecule has 6 nitrogen and oxygen atoms in total. The van der Waals surface area contributed by atoms with E-state index < -0.39 is 16.4 Å². The van der Waals surface area contributed by atoms with E-state index in [2.05, 4.69) is 5.32 Å². The van der Waals surface area contributed by atoms with Gasteiger partial charge in [-0.15, -0.1) is 12.4 Å². The van der Waals surface area contributed by atoms with Gasteiger partial charge in [-0.05, 0) is 37.9 Å². The summed E-state index contributed by atoms with van der Waals surface area (Å²) in [6, 6.07) is 3.30. The van der Waals surface area contributed by atoms with Crippen molar-refractivity contribution in [3.05, 3.63) is 39.7 Å². The Labute approximate surface area is 133 Å². The first-order valence-electron chi connectivity index (χ1n) is 7.05. The van der Waals surface area contributed by atoms with Gasteiger partial charge in [-0.2, -0.15) is 0 Å². The second-order valence-corrected chi connectivity index (χ2v) is 5.51. The average molecular weight is 330 g/mol. The minimum atomic E-state index is -0.709. The molecule has 0 radical (unpaired) electrons. The Morgan fingerprint density at radius 1 is 1.32 bits per heavy atom. The summed E-state index contributed by atoms with van der Waals surface area (Å²) in [5.74, 6) is -1.07. The molecule has 3 rings (SSSR count). The van der Waals surface area contributed by atoms with E-state index in [9.17, 15) is 19.3 Å². The van der Waals surface area contributed by atoms with E-state index in [0.717, 1.165) is 37.9 Å². The van der Waals surface area contributed by atoms with Crippen LogP contribution in [0.4, 0.5) is 10.1 Å². The molecule has 2 aliphatic rings. The van der Waals surface area contributed by atoms with Crippen LogP contribution >= 0.6 is 12.4 Å². The molecule has 2 fully saturated rings. The van der Waals surface area contributed by atoms with Crippen LogP contribution in [0, 0.1) is 15.9 Å². The molecule has 2 aliphatic heterocycles. The molecule has 2 heterocycles. The molecule has 0 saturated carbocycles. The first kappa shape index (κ1) is 16.6. The highest BCUT2D eigenvalue weighted by Gasteiger charge is 2.40. The highest BCUT2D eigenvalue weighted by atomic mass is 35.5. The third kappa shape index (κ3) is 2.91. The largest absolute Gasteiger partial charge is 0.331 e. The fraction of sp³-hybridized carbons (Fsp3) is 0.500. The van der Waals surface area contributed by atoms with E-state index in [0.29, 0.717) is 6.54 Å². The maximum Gasteiger partial charge on any atom is 0.285 e. The summed E-state index contributed by atoms with van der Waals surface area (Å²) < 4.78 is 13.2. The summed E-state index contributed by atoms with van der Waals surface area (Å²) in [5.41, 5.74) is -0.489. The van der Waals surface area contributed by atoms with Crippen molar-refractivity contribution >= 4 is 24.0 Å². The quantitative estimate of drug-likeness (QED) is 0.666. The zero-order valence-electron chi connectivity index (χ0n) is 11.8. The van der Waals surface area contributed by atoms with E-state index in [1.807, 2.05) is 0 Å². The number of halogens is 2. The molecule has 1 aromatic rings. The van der Waals surface area contributed by atoms with Gasteiger partial charge in [-0.1, -0.05) is 0 Å². The smallest absolute Gasteiger partial charge is 0.285 e. The van der Waals surface area contributed by atoms with E-state index in [1.54, 1.807) is 4.90 Å². The van der Waals surface area contributed by atoms with Crippen molar-refractivity contribution < 1.29 is 14.1 Å². The Hall–Kier alpha value is -1.73. The molecule has 1 amide bonds. The number of carbonyl (C=O) groups is 1. The molecule has 8 heteroatoms. The lowest BCUT2D eigenvalue weighted by Gasteiger charge is -2.27. The predicted octanol–water partition coefficient (Wildman–Crippen LogP) is 2.12. The standard InChI is InChI=1S/C14H16FN3O3.ClH/c15-9-1-4-12(13(7-9)18(20)21)14(19)17-10-2-3-11(17)8-16-6-5-10;/h1,4,7,10-11,16H,2-3,5-6,8H2;1H. The lowest BCUT2D eigenvalue weighted by Crippen LogP contribution is -2.42. The molecule has 2 unspecified atom stereocenters. The van der Waals surface area contributed by atoms with Gasteiger partial charge < -0.3 is 10.2 Å². The van der Waals surface area contributed by atoms with Crippen LogP contribution in [0.1, 0.15) is 29.6 Å².